The highest BCUT2D eigenvalue weighted by atomic mass is 16.3. The number of unbranched alkanes of at least 4 members (excludes halogenated alkanes) is 18. The number of carbonyl (C=O) groups excluding carboxylic acids is 1. The van der Waals surface area contributed by atoms with E-state index in [-0.39, 0.29) is 6.61 Å². The molecule has 0 aromatic heterocycles. The lowest BCUT2D eigenvalue weighted by molar-refractivity contribution is -0.131. The van der Waals surface area contributed by atoms with Gasteiger partial charge in [-0.15, -0.1) is 0 Å². The summed E-state index contributed by atoms with van der Waals surface area (Å²) in [7, 11) is 0. The molecule has 0 saturated heterocycles. The van der Waals surface area contributed by atoms with Crippen LogP contribution >= 0.6 is 0 Å². The molecule has 0 saturated carbocycles. The molecule has 0 radical (unpaired) electrons. The second kappa shape index (κ2) is 31.5. The molecule has 0 aromatic carbocycles. The Bertz CT molecular complexity index is 645. The van der Waals surface area contributed by atoms with Gasteiger partial charge in [-0.05, 0) is 44.9 Å². The van der Waals surface area contributed by atoms with Crippen LogP contribution in [0.2, 0.25) is 0 Å². The van der Waals surface area contributed by atoms with E-state index in [1.807, 2.05) is 6.08 Å². The van der Waals surface area contributed by atoms with Crippen LogP contribution in [0.5, 0.6) is 0 Å². The van der Waals surface area contributed by atoms with Crippen molar-refractivity contribution in [3.05, 3.63) is 36.5 Å². The van der Waals surface area contributed by atoms with E-state index in [2.05, 4.69) is 43.5 Å². The first kappa shape index (κ1) is 39.6. The Kier molecular flexibility index (Phi) is 30.4. The van der Waals surface area contributed by atoms with Crippen molar-refractivity contribution in [2.45, 2.75) is 180 Å². The summed E-state index contributed by atoms with van der Waals surface area (Å²) in [5.74, 6) is -0.522. The summed E-state index contributed by atoms with van der Waals surface area (Å²) in [5, 5.41) is 32.8. The summed E-state index contributed by atoms with van der Waals surface area (Å²) in [6.07, 6.45) is 37.3. The highest BCUT2D eigenvalue weighted by Gasteiger charge is 2.22. The third-order valence-electron chi connectivity index (χ3n) is 7.71. The summed E-state index contributed by atoms with van der Waals surface area (Å²) in [4.78, 5) is 12.3. The molecule has 5 nitrogen and oxygen atoms in total. The number of hydrogen-bond acceptors (Lipinski definition) is 4. The molecule has 4 N–H and O–H groups in total. The maximum atomic E-state index is 12.3. The number of rotatable bonds is 30. The second-order valence-corrected chi connectivity index (χ2v) is 11.7. The maximum Gasteiger partial charge on any atom is 0.249 e. The van der Waals surface area contributed by atoms with Gasteiger partial charge in [0, 0.05) is 0 Å². The van der Waals surface area contributed by atoms with E-state index < -0.39 is 24.2 Å². The summed E-state index contributed by atoms with van der Waals surface area (Å²) in [6, 6.07) is -0.815. The fourth-order valence-corrected chi connectivity index (χ4v) is 4.92. The monoisotopic (exact) mass is 578 g/mol. The van der Waals surface area contributed by atoms with Gasteiger partial charge in [0.05, 0.1) is 18.8 Å². The molecule has 0 aliphatic rings. The van der Waals surface area contributed by atoms with Gasteiger partial charge in [-0.2, -0.15) is 0 Å². The van der Waals surface area contributed by atoms with Crippen LogP contribution < -0.4 is 5.32 Å². The Morgan fingerprint density at radius 2 is 1.00 bits per heavy atom. The molecule has 240 valence electrons. The molecule has 3 atom stereocenters. The molecule has 41 heavy (non-hydrogen) atoms. The molecular formula is C36H67NO4. The smallest absolute Gasteiger partial charge is 0.249 e. The maximum absolute atomic E-state index is 12.3. The zero-order valence-electron chi connectivity index (χ0n) is 26.9. The Labute approximate surface area is 254 Å². The van der Waals surface area contributed by atoms with Crippen LogP contribution in [0.3, 0.4) is 0 Å². The van der Waals surface area contributed by atoms with E-state index >= 15 is 0 Å². The van der Waals surface area contributed by atoms with Crippen molar-refractivity contribution in [3.63, 3.8) is 0 Å². The van der Waals surface area contributed by atoms with Gasteiger partial charge in [0.25, 0.3) is 0 Å². The largest absolute Gasteiger partial charge is 0.394 e. The van der Waals surface area contributed by atoms with Crippen LogP contribution in [0.25, 0.3) is 0 Å². The van der Waals surface area contributed by atoms with Crippen molar-refractivity contribution >= 4 is 5.91 Å². The van der Waals surface area contributed by atoms with Gasteiger partial charge in [-0.25, -0.2) is 0 Å². The summed E-state index contributed by atoms with van der Waals surface area (Å²) < 4.78 is 0. The number of allylic oxidation sites excluding steroid dienone is 5. The Morgan fingerprint density at radius 3 is 1.49 bits per heavy atom. The molecule has 1 amide bonds. The van der Waals surface area contributed by atoms with E-state index in [0.717, 1.165) is 44.9 Å². The normalized spacial score (nSPS) is 14.4. The minimum atomic E-state index is -1.10. The van der Waals surface area contributed by atoms with Gasteiger partial charge >= 0.3 is 0 Å². The van der Waals surface area contributed by atoms with Crippen molar-refractivity contribution in [1.29, 1.82) is 0 Å². The first-order valence-electron chi connectivity index (χ1n) is 17.3. The quantitative estimate of drug-likeness (QED) is 0.0507. The number of aliphatic hydroxyl groups excluding tert-OH is 3. The first-order chi connectivity index (χ1) is 20.1. The molecule has 0 heterocycles. The molecule has 3 unspecified atom stereocenters. The van der Waals surface area contributed by atoms with Crippen LogP contribution in [0.1, 0.15) is 162 Å². The predicted octanol–water partition coefficient (Wildman–Crippen LogP) is 8.87. The van der Waals surface area contributed by atoms with Gasteiger partial charge in [0.2, 0.25) is 5.91 Å². The van der Waals surface area contributed by atoms with E-state index in [9.17, 15) is 20.1 Å². The van der Waals surface area contributed by atoms with Crippen LogP contribution in [-0.4, -0.2) is 46.1 Å². The third kappa shape index (κ3) is 27.2. The highest BCUT2D eigenvalue weighted by Crippen LogP contribution is 2.12. The van der Waals surface area contributed by atoms with Crippen LogP contribution in [-0.2, 0) is 4.79 Å². The minimum absolute atomic E-state index is 0.380. The summed E-state index contributed by atoms with van der Waals surface area (Å²) in [5.41, 5.74) is 0. The zero-order chi connectivity index (χ0) is 30.2. The molecule has 5 heteroatoms. The topological polar surface area (TPSA) is 89.8 Å². The molecule has 0 rings (SSSR count). The lowest BCUT2D eigenvalue weighted by atomic mass is 10.0. The van der Waals surface area contributed by atoms with Crippen LogP contribution in [0.15, 0.2) is 36.5 Å². The summed E-state index contributed by atoms with van der Waals surface area (Å²) in [6.45, 7) is 4.11. The zero-order valence-corrected chi connectivity index (χ0v) is 26.9. The van der Waals surface area contributed by atoms with Crippen molar-refractivity contribution in [2.24, 2.45) is 0 Å². The van der Waals surface area contributed by atoms with Crippen molar-refractivity contribution in [3.8, 4) is 0 Å². The molecule has 0 aliphatic heterocycles. The lowest BCUT2D eigenvalue weighted by Gasteiger charge is -2.21. The van der Waals surface area contributed by atoms with Gasteiger partial charge in [-0.3, -0.25) is 4.79 Å². The van der Waals surface area contributed by atoms with Gasteiger partial charge in [-0.1, -0.05) is 153 Å². The van der Waals surface area contributed by atoms with Crippen LogP contribution in [0.4, 0.5) is 0 Å². The first-order valence-corrected chi connectivity index (χ1v) is 17.3. The van der Waals surface area contributed by atoms with Gasteiger partial charge in [0.1, 0.15) is 6.10 Å². The van der Waals surface area contributed by atoms with E-state index in [1.54, 1.807) is 6.08 Å². The number of hydrogen-bond donors (Lipinski definition) is 4. The number of amides is 1. The average molecular weight is 578 g/mol. The predicted molar refractivity (Wildman–Crippen MR) is 176 cm³/mol. The fourth-order valence-electron chi connectivity index (χ4n) is 4.92. The fraction of sp³-hybridized carbons (Fsp3) is 0.806. The van der Waals surface area contributed by atoms with Gasteiger partial charge in [0.15, 0.2) is 0 Å². The van der Waals surface area contributed by atoms with Crippen molar-refractivity contribution in [1.82, 2.24) is 5.32 Å². The minimum Gasteiger partial charge on any atom is -0.394 e. The average Bonchev–Trinajstić information content (AvgIpc) is 2.98. The van der Waals surface area contributed by atoms with Gasteiger partial charge < -0.3 is 20.6 Å². The molecular weight excluding hydrogens is 510 g/mol. The van der Waals surface area contributed by atoms with E-state index in [0.29, 0.717) is 6.42 Å². The highest BCUT2D eigenvalue weighted by molar-refractivity contribution is 5.80. The molecule has 0 aliphatic carbocycles. The van der Waals surface area contributed by atoms with E-state index in [1.165, 1.54) is 96.3 Å². The Morgan fingerprint density at radius 1 is 0.585 bits per heavy atom. The lowest BCUT2D eigenvalue weighted by Crippen LogP contribution is -2.48. The van der Waals surface area contributed by atoms with Crippen molar-refractivity contribution in [2.75, 3.05) is 6.61 Å². The Hall–Kier alpha value is -1.43. The SMILES string of the molecule is CCCCCCCCCC/C=C/CC/C=C/CC/C=C/C(O)C(CO)NC(=O)C(O)CCCCCCCCCCC. The molecule has 0 spiro atoms. The summed E-state index contributed by atoms with van der Waals surface area (Å²) >= 11 is 0. The third-order valence-corrected chi connectivity index (χ3v) is 7.71. The standard InChI is InChI=1S/C36H67NO4/c1-3-5-7-9-11-13-14-15-16-17-18-19-20-21-23-24-26-28-30-34(39)33(32-38)37-36(41)35(40)31-29-27-25-22-12-10-8-6-4-2/h17-18,21,23,28,30,33-35,38-40H,3-16,19-20,22,24-27,29,31-32H2,1-2H3,(H,37,41)/b18-17+,23-21+,30-28+. The molecule has 0 bridgehead atoms. The number of aliphatic hydroxyl groups is 3. The van der Waals surface area contributed by atoms with Crippen LogP contribution in [0, 0.1) is 0 Å². The van der Waals surface area contributed by atoms with E-state index in [4.69, 9.17) is 0 Å². The van der Waals surface area contributed by atoms with Crippen molar-refractivity contribution < 1.29 is 20.1 Å². The number of carbonyl (C=O) groups is 1. The molecule has 0 aromatic rings. The number of nitrogens with one attached hydrogen (secondary N) is 1. The molecule has 0 fully saturated rings. The second-order valence-electron chi connectivity index (χ2n) is 11.7. The Balaban J connectivity index is 3.85.